The number of carbonyl (C=O) groups excluding carboxylic acids is 1. The van der Waals surface area contributed by atoms with Crippen molar-refractivity contribution in [1.29, 1.82) is 0 Å². The molecule has 0 radical (unpaired) electrons. The normalized spacial score (nSPS) is 27.5. The van der Waals surface area contributed by atoms with Crippen LogP contribution in [0.1, 0.15) is 6.42 Å². The van der Waals surface area contributed by atoms with Crippen LogP contribution in [0.2, 0.25) is 0 Å². The molecule has 0 spiro atoms. The summed E-state index contributed by atoms with van der Waals surface area (Å²) in [5.41, 5.74) is 0. The van der Waals surface area contributed by atoms with Crippen LogP contribution in [-0.4, -0.2) is 50.1 Å². The van der Waals surface area contributed by atoms with Crippen molar-refractivity contribution in [2.24, 2.45) is 0 Å². The van der Waals surface area contributed by atoms with Crippen molar-refractivity contribution in [2.75, 3.05) is 26.9 Å². The molecule has 0 aromatic carbocycles. The van der Waals surface area contributed by atoms with Gasteiger partial charge in [-0.3, -0.25) is 4.79 Å². The molecule has 1 rings (SSSR count). The van der Waals surface area contributed by atoms with E-state index in [1.807, 2.05) is 0 Å². The van der Waals surface area contributed by atoms with Crippen LogP contribution >= 0.6 is 0 Å². The van der Waals surface area contributed by atoms with Gasteiger partial charge in [0, 0.05) is 20.1 Å². The third-order valence-corrected chi connectivity index (χ3v) is 1.92. The molecule has 0 aliphatic carbocycles. The fourth-order valence-electron chi connectivity index (χ4n) is 1.22. The summed E-state index contributed by atoms with van der Waals surface area (Å²) in [5, 5.41) is 12.0. The SMILES string of the molecule is COCCOC(=O)C1CC(O)CN1. The number of esters is 1. The van der Waals surface area contributed by atoms with Gasteiger partial charge in [0.25, 0.3) is 0 Å². The molecule has 5 heteroatoms. The molecule has 2 atom stereocenters. The first-order valence-electron chi connectivity index (χ1n) is 4.31. The summed E-state index contributed by atoms with van der Waals surface area (Å²) in [4.78, 5) is 11.2. The van der Waals surface area contributed by atoms with Gasteiger partial charge in [-0.2, -0.15) is 0 Å². The molecular formula is C8H15NO4. The van der Waals surface area contributed by atoms with E-state index in [4.69, 9.17) is 14.6 Å². The van der Waals surface area contributed by atoms with E-state index in [-0.39, 0.29) is 18.6 Å². The van der Waals surface area contributed by atoms with Crippen molar-refractivity contribution in [3.63, 3.8) is 0 Å². The van der Waals surface area contributed by atoms with Gasteiger partial charge >= 0.3 is 5.97 Å². The number of ether oxygens (including phenoxy) is 2. The molecule has 76 valence electrons. The van der Waals surface area contributed by atoms with Gasteiger partial charge in [-0.15, -0.1) is 0 Å². The Morgan fingerprint density at radius 2 is 2.38 bits per heavy atom. The van der Waals surface area contributed by atoms with Crippen LogP contribution in [0.5, 0.6) is 0 Å². The fourth-order valence-corrected chi connectivity index (χ4v) is 1.22. The van der Waals surface area contributed by atoms with E-state index in [9.17, 15) is 4.79 Å². The molecule has 0 saturated carbocycles. The van der Waals surface area contributed by atoms with Crippen LogP contribution in [0.25, 0.3) is 0 Å². The van der Waals surface area contributed by atoms with E-state index in [0.29, 0.717) is 19.6 Å². The molecular weight excluding hydrogens is 174 g/mol. The minimum Gasteiger partial charge on any atom is -0.462 e. The molecule has 0 amide bonds. The Labute approximate surface area is 77.0 Å². The van der Waals surface area contributed by atoms with Crippen molar-refractivity contribution < 1.29 is 19.4 Å². The third-order valence-electron chi connectivity index (χ3n) is 1.92. The van der Waals surface area contributed by atoms with Gasteiger partial charge in [-0.1, -0.05) is 0 Å². The van der Waals surface area contributed by atoms with Gasteiger partial charge in [0.05, 0.1) is 12.7 Å². The molecule has 1 aliphatic heterocycles. The van der Waals surface area contributed by atoms with Gasteiger partial charge in [-0.05, 0) is 0 Å². The summed E-state index contributed by atoms with van der Waals surface area (Å²) < 4.78 is 9.61. The summed E-state index contributed by atoms with van der Waals surface area (Å²) in [6.45, 7) is 1.13. The number of carbonyl (C=O) groups is 1. The average molecular weight is 189 g/mol. The highest BCUT2D eigenvalue weighted by Gasteiger charge is 2.28. The lowest BCUT2D eigenvalue weighted by molar-refractivity contribution is -0.147. The quantitative estimate of drug-likeness (QED) is 0.434. The lowest BCUT2D eigenvalue weighted by Crippen LogP contribution is -2.33. The number of hydrogen-bond acceptors (Lipinski definition) is 5. The maximum Gasteiger partial charge on any atom is 0.323 e. The van der Waals surface area contributed by atoms with Crippen LogP contribution in [0.4, 0.5) is 0 Å². The number of nitrogens with one attached hydrogen (secondary N) is 1. The lowest BCUT2D eigenvalue weighted by Gasteiger charge is -2.09. The molecule has 1 saturated heterocycles. The summed E-state index contributed by atoms with van der Waals surface area (Å²) in [7, 11) is 1.55. The number of hydrogen-bond donors (Lipinski definition) is 2. The highest BCUT2D eigenvalue weighted by Crippen LogP contribution is 2.07. The van der Waals surface area contributed by atoms with Crippen molar-refractivity contribution >= 4 is 5.97 Å². The minimum atomic E-state index is -0.431. The predicted octanol–water partition coefficient (Wildman–Crippen LogP) is -1.10. The van der Waals surface area contributed by atoms with Crippen LogP contribution in [-0.2, 0) is 14.3 Å². The zero-order valence-corrected chi connectivity index (χ0v) is 7.66. The maximum atomic E-state index is 11.2. The Kier molecular flexibility index (Phi) is 4.14. The van der Waals surface area contributed by atoms with Crippen LogP contribution < -0.4 is 5.32 Å². The van der Waals surface area contributed by atoms with E-state index < -0.39 is 6.10 Å². The number of aliphatic hydroxyl groups excluding tert-OH is 1. The second-order valence-corrected chi connectivity index (χ2v) is 3.01. The second-order valence-electron chi connectivity index (χ2n) is 3.01. The van der Waals surface area contributed by atoms with Crippen molar-refractivity contribution in [2.45, 2.75) is 18.6 Å². The van der Waals surface area contributed by atoms with E-state index in [0.717, 1.165) is 0 Å². The van der Waals surface area contributed by atoms with Gasteiger partial charge in [0.1, 0.15) is 12.6 Å². The lowest BCUT2D eigenvalue weighted by atomic mass is 10.2. The Morgan fingerprint density at radius 3 is 2.92 bits per heavy atom. The highest BCUT2D eigenvalue weighted by molar-refractivity contribution is 5.76. The van der Waals surface area contributed by atoms with E-state index in [2.05, 4.69) is 5.32 Å². The second kappa shape index (κ2) is 5.16. The average Bonchev–Trinajstić information content (AvgIpc) is 2.52. The molecule has 2 unspecified atom stereocenters. The van der Waals surface area contributed by atoms with Crippen molar-refractivity contribution in [3.05, 3.63) is 0 Å². The summed E-state index contributed by atoms with van der Waals surface area (Å²) >= 11 is 0. The first-order valence-corrected chi connectivity index (χ1v) is 4.31. The minimum absolute atomic E-state index is 0.267. The molecule has 1 fully saturated rings. The van der Waals surface area contributed by atoms with Crippen LogP contribution in [0.3, 0.4) is 0 Å². The predicted molar refractivity (Wildman–Crippen MR) is 45.2 cm³/mol. The van der Waals surface area contributed by atoms with E-state index in [1.54, 1.807) is 7.11 Å². The number of methoxy groups -OCH3 is 1. The first-order chi connectivity index (χ1) is 6.24. The van der Waals surface area contributed by atoms with Gasteiger partial charge in [0.2, 0.25) is 0 Å². The van der Waals surface area contributed by atoms with E-state index >= 15 is 0 Å². The van der Waals surface area contributed by atoms with Gasteiger partial charge < -0.3 is 19.9 Å². The topological polar surface area (TPSA) is 67.8 Å². The monoisotopic (exact) mass is 189 g/mol. The molecule has 0 aromatic heterocycles. The van der Waals surface area contributed by atoms with E-state index in [1.165, 1.54) is 0 Å². The van der Waals surface area contributed by atoms with Gasteiger partial charge in [0.15, 0.2) is 0 Å². The number of rotatable bonds is 4. The fraction of sp³-hybridized carbons (Fsp3) is 0.875. The smallest absolute Gasteiger partial charge is 0.323 e. The molecule has 0 bridgehead atoms. The third kappa shape index (κ3) is 3.30. The molecule has 2 N–H and O–H groups in total. The highest BCUT2D eigenvalue weighted by atomic mass is 16.6. The van der Waals surface area contributed by atoms with Gasteiger partial charge in [-0.25, -0.2) is 0 Å². The zero-order chi connectivity index (χ0) is 9.68. The number of β-amino-alcohol motifs (C(OH)–C–C–N with tert-alkyl or cyclic N) is 1. The zero-order valence-electron chi connectivity index (χ0n) is 7.66. The molecule has 13 heavy (non-hydrogen) atoms. The van der Waals surface area contributed by atoms with Crippen molar-refractivity contribution in [1.82, 2.24) is 5.32 Å². The summed E-state index contributed by atoms with van der Waals surface area (Å²) in [6.07, 6.45) is 0.00575. The largest absolute Gasteiger partial charge is 0.462 e. The first kappa shape index (κ1) is 10.4. The standard InChI is InChI=1S/C8H15NO4/c1-12-2-3-13-8(11)7-4-6(10)5-9-7/h6-7,9-10H,2-5H2,1H3. The summed E-state index contributed by atoms with van der Waals surface area (Å²) in [5.74, 6) is -0.311. The number of aliphatic hydroxyl groups is 1. The molecule has 1 aliphatic rings. The van der Waals surface area contributed by atoms with Crippen LogP contribution in [0.15, 0.2) is 0 Å². The summed E-state index contributed by atoms with van der Waals surface area (Å²) in [6, 6.07) is -0.355. The van der Waals surface area contributed by atoms with Crippen molar-refractivity contribution in [3.8, 4) is 0 Å². The van der Waals surface area contributed by atoms with Crippen LogP contribution in [0, 0.1) is 0 Å². The Bertz CT molecular complexity index is 174. The Hall–Kier alpha value is -0.650. The Balaban J connectivity index is 2.16. The molecule has 5 nitrogen and oxygen atoms in total. The Morgan fingerprint density at radius 1 is 1.62 bits per heavy atom. The molecule has 0 aromatic rings. The molecule has 1 heterocycles. The maximum absolute atomic E-state index is 11.2.